The SMILES string of the molecule is CCc1nnc(-c2ccc(OCC(=O)NC(C)(C)C)cc2)o1. The quantitative estimate of drug-likeness (QED) is 0.918. The maximum Gasteiger partial charge on any atom is 0.258 e. The molecule has 1 heterocycles. The van der Waals surface area contributed by atoms with Gasteiger partial charge in [0, 0.05) is 17.5 Å². The van der Waals surface area contributed by atoms with Crippen molar-refractivity contribution in [2.75, 3.05) is 6.61 Å². The van der Waals surface area contributed by atoms with Crippen molar-refractivity contribution in [3.05, 3.63) is 30.2 Å². The lowest BCUT2D eigenvalue weighted by Crippen LogP contribution is -2.43. The Labute approximate surface area is 129 Å². The monoisotopic (exact) mass is 303 g/mol. The summed E-state index contributed by atoms with van der Waals surface area (Å²) in [5.41, 5.74) is 0.554. The Hall–Kier alpha value is -2.37. The minimum Gasteiger partial charge on any atom is -0.484 e. The lowest BCUT2D eigenvalue weighted by atomic mass is 10.1. The number of aromatic nitrogens is 2. The predicted octanol–water partition coefficient (Wildman–Crippen LogP) is 2.59. The second-order valence-corrected chi connectivity index (χ2v) is 5.97. The Balaban J connectivity index is 1.93. The van der Waals surface area contributed by atoms with Crippen LogP contribution in [0.15, 0.2) is 28.7 Å². The maximum atomic E-state index is 11.7. The molecule has 1 N–H and O–H groups in total. The first-order valence-electron chi connectivity index (χ1n) is 7.24. The minimum absolute atomic E-state index is 0.0167. The molecule has 0 saturated heterocycles. The molecular weight excluding hydrogens is 282 g/mol. The number of carbonyl (C=O) groups is 1. The highest BCUT2D eigenvalue weighted by Gasteiger charge is 2.14. The van der Waals surface area contributed by atoms with Crippen molar-refractivity contribution < 1.29 is 13.9 Å². The molecule has 6 nitrogen and oxygen atoms in total. The van der Waals surface area contributed by atoms with Crippen molar-refractivity contribution in [2.24, 2.45) is 0 Å². The van der Waals surface area contributed by atoms with Crippen LogP contribution in [0.1, 0.15) is 33.6 Å². The van der Waals surface area contributed by atoms with Crippen molar-refractivity contribution >= 4 is 5.91 Å². The van der Waals surface area contributed by atoms with Crippen molar-refractivity contribution in [1.29, 1.82) is 0 Å². The van der Waals surface area contributed by atoms with Crippen molar-refractivity contribution in [1.82, 2.24) is 15.5 Å². The molecular formula is C16H21N3O3. The van der Waals surface area contributed by atoms with Gasteiger partial charge in [-0.3, -0.25) is 4.79 Å². The number of aryl methyl sites for hydroxylation is 1. The molecule has 22 heavy (non-hydrogen) atoms. The van der Waals surface area contributed by atoms with E-state index in [1.165, 1.54) is 0 Å². The van der Waals surface area contributed by atoms with E-state index in [1.54, 1.807) is 12.1 Å². The van der Waals surface area contributed by atoms with Gasteiger partial charge in [0.2, 0.25) is 11.8 Å². The fourth-order valence-corrected chi connectivity index (χ4v) is 1.81. The maximum absolute atomic E-state index is 11.7. The molecule has 1 aromatic heterocycles. The average molecular weight is 303 g/mol. The van der Waals surface area contributed by atoms with Gasteiger partial charge in [0.25, 0.3) is 5.91 Å². The molecule has 1 amide bonds. The smallest absolute Gasteiger partial charge is 0.258 e. The summed E-state index contributed by atoms with van der Waals surface area (Å²) in [6.45, 7) is 7.71. The van der Waals surface area contributed by atoms with E-state index in [-0.39, 0.29) is 18.1 Å². The first-order valence-corrected chi connectivity index (χ1v) is 7.24. The van der Waals surface area contributed by atoms with Crippen LogP contribution in [0.4, 0.5) is 0 Å². The molecule has 0 aliphatic rings. The van der Waals surface area contributed by atoms with E-state index in [0.717, 1.165) is 5.56 Å². The summed E-state index contributed by atoms with van der Waals surface area (Å²) in [6.07, 6.45) is 0.705. The highest BCUT2D eigenvalue weighted by molar-refractivity contribution is 5.78. The summed E-state index contributed by atoms with van der Waals surface area (Å²) in [4.78, 5) is 11.7. The van der Waals surface area contributed by atoms with Crippen LogP contribution in [-0.2, 0) is 11.2 Å². The van der Waals surface area contributed by atoms with E-state index < -0.39 is 0 Å². The summed E-state index contributed by atoms with van der Waals surface area (Å²) in [5, 5.41) is 10.7. The van der Waals surface area contributed by atoms with Crippen molar-refractivity contribution in [3.63, 3.8) is 0 Å². The fourth-order valence-electron chi connectivity index (χ4n) is 1.81. The van der Waals surface area contributed by atoms with Gasteiger partial charge in [-0.05, 0) is 45.0 Å². The van der Waals surface area contributed by atoms with Crippen LogP contribution in [-0.4, -0.2) is 28.3 Å². The number of hydrogen-bond acceptors (Lipinski definition) is 5. The number of nitrogens with zero attached hydrogens (tertiary/aromatic N) is 2. The van der Waals surface area contributed by atoms with Gasteiger partial charge in [0.15, 0.2) is 6.61 Å². The Morgan fingerprint density at radius 3 is 2.45 bits per heavy atom. The number of benzene rings is 1. The zero-order chi connectivity index (χ0) is 16.2. The average Bonchev–Trinajstić information content (AvgIpc) is 2.93. The molecule has 2 aromatic rings. The van der Waals surface area contributed by atoms with Crippen LogP contribution >= 0.6 is 0 Å². The van der Waals surface area contributed by atoms with E-state index in [4.69, 9.17) is 9.15 Å². The Morgan fingerprint density at radius 1 is 1.23 bits per heavy atom. The molecule has 0 unspecified atom stereocenters. The summed E-state index contributed by atoms with van der Waals surface area (Å²) in [6, 6.07) is 7.19. The first kappa shape index (κ1) is 16.0. The summed E-state index contributed by atoms with van der Waals surface area (Å²) >= 11 is 0. The second kappa shape index (κ2) is 6.60. The molecule has 0 radical (unpaired) electrons. The molecule has 0 aliphatic heterocycles. The lowest BCUT2D eigenvalue weighted by Gasteiger charge is -2.20. The van der Waals surface area contributed by atoms with Gasteiger partial charge in [0.05, 0.1) is 0 Å². The predicted molar refractivity (Wildman–Crippen MR) is 82.5 cm³/mol. The molecule has 0 aliphatic carbocycles. The van der Waals surface area contributed by atoms with Crippen LogP contribution in [0, 0.1) is 0 Å². The Morgan fingerprint density at radius 2 is 1.91 bits per heavy atom. The summed E-state index contributed by atoms with van der Waals surface area (Å²) in [5.74, 6) is 1.55. The molecule has 0 fully saturated rings. The number of ether oxygens (including phenoxy) is 1. The van der Waals surface area contributed by atoms with Crippen LogP contribution in [0.25, 0.3) is 11.5 Å². The summed E-state index contributed by atoms with van der Waals surface area (Å²) < 4.78 is 10.9. The lowest BCUT2D eigenvalue weighted by molar-refractivity contribution is -0.124. The molecule has 1 aromatic carbocycles. The molecule has 0 saturated carbocycles. The number of carbonyl (C=O) groups excluding carboxylic acids is 1. The van der Waals surface area contributed by atoms with Crippen LogP contribution < -0.4 is 10.1 Å². The number of nitrogens with one attached hydrogen (secondary N) is 1. The Bertz CT molecular complexity index is 627. The van der Waals surface area contributed by atoms with Gasteiger partial charge in [-0.15, -0.1) is 10.2 Å². The number of hydrogen-bond donors (Lipinski definition) is 1. The van der Waals surface area contributed by atoms with Gasteiger partial charge in [-0.1, -0.05) is 6.92 Å². The topological polar surface area (TPSA) is 77.2 Å². The third kappa shape index (κ3) is 4.58. The van der Waals surface area contributed by atoms with Crippen molar-refractivity contribution in [2.45, 2.75) is 39.7 Å². The zero-order valence-electron chi connectivity index (χ0n) is 13.3. The molecule has 118 valence electrons. The summed E-state index contributed by atoms with van der Waals surface area (Å²) in [7, 11) is 0. The molecule has 0 spiro atoms. The third-order valence-corrected chi connectivity index (χ3v) is 2.75. The van der Waals surface area contributed by atoms with Crippen LogP contribution in [0.3, 0.4) is 0 Å². The molecule has 0 bridgehead atoms. The second-order valence-electron chi connectivity index (χ2n) is 5.97. The van der Waals surface area contributed by atoms with Gasteiger partial charge >= 0.3 is 0 Å². The molecule has 2 rings (SSSR count). The Kier molecular flexibility index (Phi) is 4.80. The van der Waals surface area contributed by atoms with Gasteiger partial charge < -0.3 is 14.5 Å². The standard InChI is InChI=1S/C16H21N3O3/c1-5-14-18-19-15(22-14)11-6-8-12(9-7-11)21-10-13(20)17-16(2,3)4/h6-9H,5,10H2,1-4H3,(H,17,20). The molecule has 6 heteroatoms. The zero-order valence-corrected chi connectivity index (χ0v) is 13.3. The van der Waals surface area contributed by atoms with Gasteiger partial charge in [-0.2, -0.15) is 0 Å². The number of amides is 1. The van der Waals surface area contributed by atoms with Gasteiger partial charge in [-0.25, -0.2) is 0 Å². The van der Waals surface area contributed by atoms with Gasteiger partial charge in [0.1, 0.15) is 5.75 Å². The van der Waals surface area contributed by atoms with Crippen LogP contribution in [0.2, 0.25) is 0 Å². The van der Waals surface area contributed by atoms with Crippen molar-refractivity contribution in [3.8, 4) is 17.2 Å². The number of rotatable bonds is 5. The normalized spacial score (nSPS) is 11.3. The van der Waals surface area contributed by atoms with E-state index >= 15 is 0 Å². The van der Waals surface area contributed by atoms with E-state index in [0.29, 0.717) is 24.0 Å². The van der Waals surface area contributed by atoms with E-state index in [2.05, 4.69) is 15.5 Å². The van der Waals surface area contributed by atoms with Crippen LogP contribution in [0.5, 0.6) is 5.75 Å². The van der Waals surface area contributed by atoms with E-state index in [1.807, 2.05) is 39.8 Å². The largest absolute Gasteiger partial charge is 0.484 e. The highest BCUT2D eigenvalue weighted by atomic mass is 16.5. The minimum atomic E-state index is -0.265. The third-order valence-electron chi connectivity index (χ3n) is 2.75. The fraction of sp³-hybridized carbons (Fsp3) is 0.438. The molecule has 0 atom stereocenters. The highest BCUT2D eigenvalue weighted by Crippen LogP contribution is 2.21. The first-order chi connectivity index (χ1) is 10.4. The van der Waals surface area contributed by atoms with E-state index in [9.17, 15) is 4.79 Å².